The molecule has 2 aromatic rings. The number of carbonyl (C=O) groups excluding carboxylic acids is 1. The highest BCUT2D eigenvalue weighted by Gasteiger charge is 2.16. The van der Waals surface area contributed by atoms with Crippen LogP contribution in [0.2, 0.25) is 0 Å². The Bertz CT molecular complexity index is 1110. The molecule has 180 valence electrons. The van der Waals surface area contributed by atoms with E-state index in [-0.39, 0.29) is 24.7 Å². The predicted octanol–water partition coefficient (Wildman–Crippen LogP) is 4.12. The van der Waals surface area contributed by atoms with Gasteiger partial charge in [0, 0.05) is 30.8 Å². The lowest BCUT2D eigenvalue weighted by atomic mass is 10.1. The topological polar surface area (TPSA) is 97.7 Å². The van der Waals surface area contributed by atoms with E-state index >= 15 is 0 Å². The van der Waals surface area contributed by atoms with Crippen molar-refractivity contribution < 1.29 is 14.3 Å². The first-order valence-corrected chi connectivity index (χ1v) is 11.0. The largest absolute Gasteiger partial charge is 0.505 e. The van der Waals surface area contributed by atoms with Crippen molar-refractivity contribution in [2.75, 3.05) is 13.7 Å². The highest BCUT2D eigenvalue weighted by molar-refractivity contribution is 5.67. The summed E-state index contributed by atoms with van der Waals surface area (Å²) in [6, 6.07) is 5.99. The van der Waals surface area contributed by atoms with Gasteiger partial charge in [0.05, 0.1) is 19.1 Å². The second-order valence-corrected chi connectivity index (χ2v) is 9.18. The maximum atomic E-state index is 13.0. The molecule has 0 aliphatic heterocycles. The summed E-state index contributed by atoms with van der Waals surface area (Å²) in [6.07, 6.45) is 2.91. The first kappa shape index (κ1) is 26.0. The van der Waals surface area contributed by atoms with Crippen molar-refractivity contribution in [1.82, 2.24) is 14.9 Å². The van der Waals surface area contributed by atoms with Gasteiger partial charge in [0.25, 0.3) is 0 Å². The average Bonchev–Trinajstić information content (AvgIpc) is 2.68. The van der Waals surface area contributed by atoms with Crippen molar-refractivity contribution in [2.45, 2.75) is 66.5 Å². The van der Waals surface area contributed by atoms with Crippen LogP contribution in [0.5, 0.6) is 0 Å². The number of carbonyl (C=O) groups is 1. The summed E-state index contributed by atoms with van der Waals surface area (Å²) in [7, 11) is 1.58. The fraction of sp³-hybridized carbons (Fsp3) is 0.480. The lowest BCUT2D eigenvalue weighted by Crippen LogP contribution is -2.41. The molecule has 8 heteroatoms. The summed E-state index contributed by atoms with van der Waals surface area (Å²) >= 11 is 0. The van der Waals surface area contributed by atoms with Crippen molar-refractivity contribution in [3.05, 3.63) is 68.9 Å². The number of alkyl carbamates (subject to hydrolysis) is 1. The Hall–Kier alpha value is -3.29. The van der Waals surface area contributed by atoms with Crippen molar-refractivity contribution >= 4 is 11.8 Å². The van der Waals surface area contributed by atoms with E-state index in [0.29, 0.717) is 11.2 Å². The molecule has 0 radical (unpaired) electrons. The maximum Gasteiger partial charge on any atom is 0.407 e. The van der Waals surface area contributed by atoms with Crippen molar-refractivity contribution in [3.8, 4) is 0 Å². The number of nitrogens with one attached hydrogen (secondary N) is 2. The number of rotatable bonds is 7. The van der Waals surface area contributed by atoms with Crippen LogP contribution in [0, 0.1) is 20.8 Å². The zero-order valence-corrected chi connectivity index (χ0v) is 20.9. The normalized spacial score (nSPS) is 13.3. The SMILES string of the molecule is CO/C=C/C(C)c1c/c(=N\c2c(C)cc(C)cc2C)n(CCNC(=O)OC(C)(C)C)c(=O)[nH]1. The van der Waals surface area contributed by atoms with Gasteiger partial charge in [-0.25, -0.2) is 14.6 Å². The lowest BCUT2D eigenvalue weighted by molar-refractivity contribution is 0.0525. The molecule has 1 atom stereocenters. The molecule has 1 heterocycles. The Balaban J connectivity index is 2.50. The molecule has 1 amide bonds. The molecule has 2 N–H and O–H groups in total. The Morgan fingerprint density at radius 3 is 2.42 bits per heavy atom. The van der Waals surface area contributed by atoms with E-state index in [1.165, 1.54) is 4.57 Å². The molecule has 0 saturated carbocycles. The van der Waals surface area contributed by atoms with Crippen molar-refractivity contribution in [1.29, 1.82) is 0 Å². The molecule has 0 fully saturated rings. The molecule has 33 heavy (non-hydrogen) atoms. The quantitative estimate of drug-likeness (QED) is 0.612. The van der Waals surface area contributed by atoms with Gasteiger partial charge < -0.3 is 19.8 Å². The summed E-state index contributed by atoms with van der Waals surface area (Å²) in [5.41, 5.74) is 4.36. The predicted molar refractivity (Wildman–Crippen MR) is 130 cm³/mol. The van der Waals surface area contributed by atoms with Gasteiger partial charge in [0.1, 0.15) is 11.1 Å². The van der Waals surface area contributed by atoms with Gasteiger partial charge in [-0.15, -0.1) is 0 Å². The molecule has 0 aliphatic carbocycles. The van der Waals surface area contributed by atoms with Gasteiger partial charge in [0.2, 0.25) is 0 Å². The number of aromatic amines is 1. The molecule has 1 unspecified atom stereocenters. The number of hydrogen-bond donors (Lipinski definition) is 2. The number of aryl methyl sites for hydroxylation is 3. The molecule has 2 rings (SSSR count). The molecular formula is C25H36N4O4. The standard InChI is InChI=1S/C25H36N4O4/c1-16-13-18(3)22(19(4)14-16)28-21-15-20(17(2)9-12-32-8)27-23(30)29(21)11-10-26-24(31)33-25(5,6)7/h9,12-15,17H,10-11H2,1-8H3,(H,26,31)(H,27,30)/b12-9+,28-21+. The molecule has 1 aromatic carbocycles. The smallest absolute Gasteiger partial charge is 0.407 e. The number of allylic oxidation sites excluding steroid dienone is 1. The fourth-order valence-electron chi connectivity index (χ4n) is 3.45. The molecule has 0 saturated heterocycles. The minimum Gasteiger partial charge on any atom is -0.505 e. The minimum atomic E-state index is -0.594. The Kier molecular flexibility index (Phi) is 8.68. The van der Waals surface area contributed by atoms with Crippen LogP contribution in [-0.4, -0.2) is 34.9 Å². The molecule has 0 aliphatic rings. The van der Waals surface area contributed by atoms with Gasteiger partial charge >= 0.3 is 11.8 Å². The van der Waals surface area contributed by atoms with E-state index in [0.717, 1.165) is 22.4 Å². The van der Waals surface area contributed by atoms with Gasteiger partial charge in [-0.3, -0.25) is 4.57 Å². The molecule has 0 bridgehead atoms. The summed E-state index contributed by atoms with van der Waals surface area (Å²) < 4.78 is 11.8. The Morgan fingerprint density at radius 1 is 1.21 bits per heavy atom. The van der Waals surface area contributed by atoms with E-state index in [1.807, 2.05) is 39.8 Å². The fourth-order valence-corrected chi connectivity index (χ4v) is 3.45. The number of ether oxygens (including phenoxy) is 2. The number of nitrogens with zero attached hydrogens (tertiary/aromatic N) is 2. The van der Waals surface area contributed by atoms with Crippen LogP contribution in [0.4, 0.5) is 10.5 Å². The van der Waals surface area contributed by atoms with Crippen LogP contribution in [0.15, 0.2) is 40.3 Å². The third kappa shape index (κ3) is 7.66. The first-order chi connectivity index (χ1) is 15.4. The third-order valence-corrected chi connectivity index (χ3v) is 4.92. The zero-order valence-electron chi connectivity index (χ0n) is 20.9. The number of methoxy groups -OCH3 is 1. The summed E-state index contributed by atoms with van der Waals surface area (Å²) in [4.78, 5) is 32.8. The van der Waals surface area contributed by atoms with Crippen LogP contribution in [-0.2, 0) is 16.0 Å². The lowest BCUT2D eigenvalue weighted by Gasteiger charge is -2.20. The van der Waals surface area contributed by atoms with Gasteiger partial charge in [-0.1, -0.05) is 24.6 Å². The number of hydrogen-bond acceptors (Lipinski definition) is 5. The van der Waals surface area contributed by atoms with Gasteiger partial charge in [-0.2, -0.15) is 0 Å². The van der Waals surface area contributed by atoms with Crippen molar-refractivity contribution in [2.24, 2.45) is 4.99 Å². The van der Waals surface area contributed by atoms with E-state index in [9.17, 15) is 9.59 Å². The van der Waals surface area contributed by atoms with Crippen LogP contribution in [0.3, 0.4) is 0 Å². The van der Waals surface area contributed by atoms with E-state index in [4.69, 9.17) is 14.5 Å². The minimum absolute atomic E-state index is 0.0821. The highest BCUT2D eigenvalue weighted by Crippen LogP contribution is 2.24. The molecule has 8 nitrogen and oxygen atoms in total. The van der Waals surface area contributed by atoms with Crippen LogP contribution < -0.4 is 16.5 Å². The second-order valence-electron chi connectivity index (χ2n) is 9.18. The monoisotopic (exact) mass is 456 g/mol. The van der Waals surface area contributed by atoms with Crippen molar-refractivity contribution in [3.63, 3.8) is 0 Å². The maximum absolute atomic E-state index is 13.0. The van der Waals surface area contributed by atoms with Crippen LogP contribution >= 0.6 is 0 Å². The zero-order chi connectivity index (χ0) is 24.8. The number of amides is 1. The summed E-state index contributed by atoms with van der Waals surface area (Å²) in [6.45, 7) is 13.9. The molecular weight excluding hydrogens is 420 g/mol. The number of benzene rings is 1. The summed E-state index contributed by atoms with van der Waals surface area (Å²) in [5.74, 6) is -0.0821. The summed E-state index contributed by atoms with van der Waals surface area (Å²) in [5, 5.41) is 2.70. The van der Waals surface area contributed by atoms with Gasteiger partial charge in [0.15, 0.2) is 0 Å². The molecule has 0 spiro atoms. The van der Waals surface area contributed by atoms with E-state index in [1.54, 1.807) is 34.1 Å². The van der Waals surface area contributed by atoms with Gasteiger partial charge in [-0.05, 0) is 58.7 Å². The Morgan fingerprint density at radius 2 is 1.85 bits per heavy atom. The Labute approximate surface area is 195 Å². The number of H-pyrrole nitrogens is 1. The highest BCUT2D eigenvalue weighted by atomic mass is 16.6. The second kappa shape index (κ2) is 11.0. The van der Waals surface area contributed by atoms with E-state index < -0.39 is 11.7 Å². The third-order valence-electron chi connectivity index (χ3n) is 4.92. The first-order valence-electron chi connectivity index (χ1n) is 11.0. The van der Waals surface area contributed by atoms with Crippen LogP contribution in [0.1, 0.15) is 56.0 Å². The average molecular weight is 457 g/mol. The van der Waals surface area contributed by atoms with Crippen LogP contribution in [0.25, 0.3) is 0 Å². The van der Waals surface area contributed by atoms with E-state index in [2.05, 4.69) is 22.4 Å². The number of aromatic nitrogens is 2. The molecule has 1 aromatic heterocycles.